The van der Waals surface area contributed by atoms with Gasteiger partial charge in [-0.05, 0) is 18.1 Å². The topological polar surface area (TPSA) is 203 Å². The van der Waals surface area contributed by atoms with Crippen LogP contribution in [0.5, 0.6) is 0 Å². The molecule has 0 radical (unpaired) electrons. The van der Waals surface area contributed by atoms with Gasteiger partial charge in [-0.2, -0.15) is 18.3 Å². The van der Waals surface area contributed by atoms with Gasteiger partial charge in [0.2, 0.25) is 5.91 Å². The van der Waals surface area contributed by atoms with Crippen molar-refractivity contribution in [1.29, 1.82) is 0 Å². The van der Waals surface area contributed by atoms with Gasteiger partial charge in [-0.3, -0.25) is 14.1 Å². The van der Waals surface area contributed by atoms with Gasteiger partial charge in [0.15, 0.2) is 11.6 Å². The number of hydrogen-bond acceptors (Lipinski definition) is 10. The maximum Gasteiger partial charge on any atom is 0.418 e. The lowest BCUT2D eigenvalue weighted by Crippen LogP contribution is -2.50. The van der Waals surface area contributed by atoms with Crippen molar-refractivity contribution in [1.82, 2.24) is 35.5 Å². The van der Waals surface area contributed by atoms with Crippen LogP contribution in [-0.2, 0) is 37.4 Å². The first-order valence-corrected chi connectivity index (χ1v) is 9.57. The molecule has 15 nitrogen and oxygen atoms in total. The molecular weight excluding hydrogens is 400 g/mol. The van der Waals surface area contributed by atoms with E-state index in [0.29, 0.717) is 5.06 Å². The lowest BCUT2D eigenvalue weighted by molar-refractivity contribution is -0.129. The molecule has 2 atom stereocenters. The van der Waals surface area contributed by atoms with Crippen molar-refractivity contribution >= 4 is 28.1 Å². The standard InChI is InChI=1S/C12H18N8O7S/c13-3-10-15-17-19(16-10)6-8(21)4-14-11(22)9-2-1-7-5-18(9)12(23)20(7)27-28(24,25)26/h7,9H,1-6,13H2,(H,14,22)(H,24,25,26)/t7-,9+/m1/s1. The van der Waals surface area contributed by atoms with Crippen LogP contribution >= 0.6 is 0 Å². The SMILES string of the molecule is NCc1nnn(CC(=O)CNC(=O)[C@@H]2CC[C@@H]3CN2C(=O)N3OS(=O)(=O)O)n1. The summed E-state index contributed by atoms with van der Waals surface area (Å²) in [4.78, 5) is 38.8. The van der Waals surface area contributed by atoms with Crippen molar-refractivity contribution in [3.8, 4) is 0 Å². The van der Waals surface area contributed by atoms with Crippen molar-refractivity contribution in [3.05, 3.63) is 5.82 Å². The Bertz CT molecular complexity index is 886. The number of tetrazole rings is 1. The maximum absolute atomic E-state index is 12.4. The van der Waals surface area contributed by atoms with Crippen molar-refractivity contribution < 1.29 is 31.6 Å². The number of nitrogens with two attached hydrogens (primary N) is 1. The Morgan fingerprint density at radius 3 is 2.75 bits per heavy atom. The zero-order chi connectivity index (χ0) is 20.5. The van der Waals surface area contributed by atoms with E-state index in [1.165, 1.54) is 0 Å². The highest BCUT2D eigenvalue weighted by atomic mass is 32.3. The number of carbonyl (C=O) groups is 3. The second-order valence-corrected chi connectivity index (χ2v) is 7.21. The number of urea groups is 1. The number of hydroxylamine groups is 2. The third-order valence-electron chi connectivity index (χ3n) is 4.25. The summed E-state index contributed by atoms with van der Waals surface area (Å²) in [5.74, 6) is -0.687. The molecule has 2 aliphatic heterocycles. The van der Waals surface area contributed by atoms with Crippen LogP contribution in [0, 0.1) is 0 Å². The van der Waals surface area contributed by atoms with Crippen LogP contribution in [0.25, 0.3) is 0 Å². The van der Waals surface area contributed by atoms with E-state index in [-0.39, 0.29) is 44.8 Å². The summed E-state index contributed by atoms with van der Waals surface area (Å²) in [5.41, 5.74) is 5.35. The molecule has 0 aliphatic carbocycles. The van der Waals surface area contributed by atoms with Crippen LogP contribution in [0.2, 0.25) is 0 Å². The average molecular weight is 418 g/mol. The van der Waals surface area contributed by atoms with Crippen LogP contribution < -0.4 is 11.1 Å². The molecular formula is C12H18N8O7S. The van der Waals surface area contributed by atoms with Crippen molar-refractivity contribution in [2.45, 2.75) is 38.0 Å². The predicted molar refractivity (Wildman–Crippen MR) is 87.1 cm³/mol. The van der Waals surface area contributed by atoms with Gasteiger partial charge in [0.1, 0.15) is 12.6 Å². The van der Waals surface area contributed by atoms with Gasteiger partial charge < -0.3 is 16.0 Å². The van der Waals surface area contributed by atoms with Crippen LogP contribution in [0.3, 0.4) is 0 Å². The summed E-state index contributed by atoms with van der Waals surface area (Å²) in [6.07, 6.45) is 0.529. The molecule has 1 aromatic heterocycles. The van der Waals surface area contributed by atoms with E-state index in [1.807, 2.05) is 0 Å². The molecule has 3 amide bonds. The molecule has 3 rings (SSSR count). The van der Waals surface area contributed by atoms with E-state index in [9.17, 15) is 22.8 Å². The molecule has 2 saturated heterocycles. The van der Waals surface area contributed by atoms with Gasteiger partial charge in [-0.1, -0.05) is 0 Å². The predicted octanol–water partition coefficient (Wildman–Crippen LogP) is -3.18. The Kier molecular flexibility index (Phi) is 5.54. The number of aromatic nitrogens is 4. The fraction of sp³-hybridized carbons (Fsp3) is 0.667. The number of hydrogen-bond donors (Lipinski definition) is 3. The highest BCUT2D eigenvalue weighted by molar-refractivity contribution is 7.80. The van der Waals surface area contributed by atoms with E-state index in [4.69, 9.17) is 10.3 Å². The Labute approximate surface area is 158 Å². The molecule has 28 heavy (non-hydrogen) atoms. The Morgan fingerprint density at radius 1 is 1.36 bits per heavy atom. The van der Waals surface area contributed by atoms with Crippen molar-refractivity contribution in [2.24, 2.45) is 5.73 Å². The van der Waals surface area contributed by atoms with Crippen LogP contribution in [0.15, 0.2) is 0 Å². The summed E-state index contributed by atoms with van der Waals surface area (Å²) >= 11 is 0. The van der Waals surface area contributed by atoms with E-state index < -0.39 is 40.2 Å². The Morgan fingerprint density at radius 2 is 2.11 bits per heavy atom. The summed E-state index contributed by atoms with van der Waals surface area (Å²) in [6.45, 7) is -0.384. The fourth-order valence-electron chi connectivity index (χ4n) is 3.05. The third-order valence-corrected chi connectivity index (χ3v) is 4.60. The van der Waals surface area contributed by atoms with E-state index in [1.54, 1.807) is 0 Å². The second-order valence-electron chi connectivity index (χ2n) is 6.21. The highest BCUT2D eigenvalue weighted by Gasteiger charge is 2.49. The number of carbonyl (C=O) groups excluding carboxylic acids is 3. The summed E-state index contributed by atoms with van der Waals surface area (Å²) in [6, 6.07) is -2.34. The quantitative estimate of drug-likeness (QED) is 0.359. The smallest absolute Gasteiger partial charge is 0.347 e. The molecule has 2 bridgehead atoms. The zero-order valence-electron chi connectivity index (χ0n) is 14.5. The third kappa shape index (κ3) is 4.41. The maximum atomic E-state index is 12.4. The number of nitrogens with one attached hydrogen (secondary N) is 1. The Balaban J connectivity index is 1.53. The highest BCUT2D eigenvalue weighted by Crippen LogP contribution is 2.30. The number of fused-ring (bicyclic) bond motifs is 2. The van der Waals surface area contributed by atoms with E-state index >= 15 is 0 Å². The minimum absolute atomic E-state index is 0.0606. The zero-order valence-corrected chi connectivity index (χ0v) is 15.3. The largest absolute Gasteiger partial charge is 0.418 e. The lowest BCUT2D eigenvalue weighted by Gasteiger charge is -2.29. The van der Waals surface area contributed by atoms with E-state index in [0.717, 1.165) is 9.70 Å². The van der Waals surface area contributed by atoms with Gasteiger partial charge in [0.25, 0.3) is 0 Å². The molecule has 154 valence electrons. The molecule has 16 heteroatoms. The van der Waals surface area contributed by atoms with E-state index in [2.05, 4.69) is 25.0 Å². The van der Waals surface area contributed by atoms with Crippen molar-refractivity contribution in [2.75, 3.05) is 13.1 Å². The fourth-order valence-corrected chi connectivity index (χ4v) is 3.43. The first kappa shape index (κ1) is 20.1. The monoisotopic (exact) mass is 418 g/mol. The number of Topliss-reactive ketones (excluding diaryl/α,β-unsaturated/α-hetero) is 1. The molecule has 0 saturated carbocycles. The first-order chi connectivity index (χ1) is 13.2. The van der Waals surface area contributed by atoms with Gasteiger partial charge in [0, 0.05) is 6.54 Å². The first-order valence-electron chi connectivity index (χ1n) is 8.21. The molecule has 0 aromatic carbocycles. The summed E-state index contributed by atoms with van der Waals surface area (Å²) < 4.78 is 34.8. The minimum atomic E-state index is -4.86. The molecule has 1 aromatic rings. The Hall–Kier alpha value is -2.69. The number of ketones is 1. The van der Waals surface area contributed by atoms with Crippen LogP contribution in [0.4, 0.5) is 4.79 Å². The van der Waals surface area contributed by atoms with Gasteiger partial charge in [-0.25, -0.2) is 4.79 Å². The minimum Gasteiger partial charge on any atom is -0.347 e. The van der Waals surface area contributed by atoms with Gasteiger partial charge in [-0.15, -0.1) is 14.5 Å². The van der Waals surface area contributed by atoms with Gasteiger partial charge >= 0.3 is 16.4 Å². The molecule has 3 heterocycles. The number of nitrogens with zero attached hydrogens (tertiary/aromatic N) is 6. The second kappa shape index (κ2) is 7.74. The van der Waals surface area contributed by atoms with Crippen LogP contribution in [-0.4, -0.2) is 86.0 Å². The average Bonchev–Trinajstić information content (AvgIpc) is 3.17. The molecule has 0 spiro atoms. The van der Waals surface area contributed by atoms with Gasteiger partial charge in [0.05, 0.1) is 19.1 Å². The molecule has 0 unspecified atom stereocenters. The molecule has 2 aliphatic rings. The number of rotatable bonds is 8. The van der Waals surface area contributed by atoms with Crippen molar-refractivity contribution in [3.63, 3.8) is 0 Å². The van der Waals surface area contributed by atoms with Crippen LogP contribution in [0.1, 0.15) is 18.7 Å². The summed E-state index contributed by atoms with van der Waals surface area (Å²) in [7, 11) is -4.86. The molecule has 4 N–H and O–H groups in total. The number of piperidine rings is 1. The number of amides is 3. The lowest BCUT2D eigenvalue weighted by atomic mass is 10.0. The normalized spacial score (nSPS) is 21.9. The molecule has 2 fully saturated rings. The summed E-state index contributed by atoms with van der Waals surface area (Å²) in [5, 5.41) is 14.1.